The number of fused-ring (bicyclic) bond motifs is 1. The molecule has 0 spiro atoms. The molecule has 138 valence electrons. The maximum atomic E-state index is 13.6. The van der Waals surface area contributed by atoms with Gasteiger partial charge in [0.05, 0.1) is 11.4 Å². The van der Waals surface area contributed by atoms with Crippen LogP contribution in [0.2, 0.25) is 0 Å². The third-order valence-corrected chi connectivity index (χ3v) is 5.28. The van der Waals surface area contributed by atoms with Gasteiger partial charge in [-0.2, -0.15) is 0 Å². The molecule has 0 unspecified atom stereocenters. The van der Waals surface area contributed by atoms with Gasteiger partial charge < -0.3 is 10.2 Å². The zero-order chi connectivity index (χ0) is 18.8. The Morgan fingerprint density at radius 2 is 1.93 bits per heavy atom. The number of para-hydroxylation sites is 1. The summed E-state index contributed by atoms with van der Waals surface area (Å²) in [6.07, 6.45) is 0. The van der Waals surface area contributed by atoms with Crippen molar-refractivity contribution in [3.63, 3.8) is 0 Å². The molecule has 8 heteroatoms. The van der Waals surface area contributed by atoms with Crippen molar-refractivity contribution in [1.29, 1.82) is 0 Å². The topological polar surface area (TPSA) is 63.1 Å². The second kappa shape index (κ2) is 7.40. The lowest BCUT2D eigenvalue weighted by Crippen LogP contribution is -2.15. The minimum atomic E-state index is -0.451. The van der Waals surface area contributed by atoms with E-state index < -0.39 is 5.82 Å². The summed E-state index contributed by atoms with van der Waals surface area (Å²) in [7, 11) is 0. The molecular formula is C19H18FN5OS. The zero-order valence-corrected chi connectivity index (χ0v) is 15.5. The minimum absolute atomic E-state index is 0.136. The summed E-state index contributed by atoms with van der Waals surface area (Å²) < 4.78 is 15.6. The van der Waals surface area contributed by atoms with E-state index in [0.717, 1.165) is 24.7 Å². The monoisotopic (exact) mass is 383 g/mol. The van der Waals surface area contributed by atoms with Crippen molar-refractivity contribution >= 4 is 35.0 Å². The highest BCUT2D eigenvalue weighted by Gasteiger charge is 2.26. The predicted molar refractivity (Wildman–Crippen MR) is 104 cm³/mol. The SMILES string of the molecule is Cc1ccc(N2CCn3c(SCC(=O)Nc4ccccc4F)nnc32)cc1. The molecule has 0 fully saturated rings. The molecule has 6 nitrogen and oxygen atoms in total. The molecule has 0 aliphatic carbocycles. The van der Waals surface area contributed by atoms with Gasteiger partial charge in [0.25, 0.3) is 0 Å². The third kappa shape index (κ3) is 3.66. The van der Waals surface area contributed by atoms with Crippen molar-refractivity contribution in [1.82, 2.24) is 14.8 Å². The molecule has 3 aromatic rings. The van der Waals surface area contributed by atoms with Gasteiger partial charge in [0.15, 0.2) is 5.16 Å². The number of carbonyl (C=O) groups excluding carboxylic acids is 1. The average Bonchev–Trinajstić information content (AvgIpc) is 3.25. The van der Waals surface area contributed by atoms with Gasteiger partial charge in [0.1, 0.15) is 5.82 Å². The molecular weight excluding hydrogens is 365 g/mol. The maximum Gasteiger partial charge on any atom is 0.234 e. The fourth-order valence-electron chi connectivity index (χ4n) is 2.93. The Kier molecular flexibility index (Phi) is 4.81. The lowest BCUT2D eigenvalue weighted by molar-refractivity contribution is -0.113. The van der Waals surface area contributed by atoms with Crippen LogP contribution in [0.5, 0.6) is 0 Å². The lowest BCUT2D eigenvalue weighted by atomic mass is 10.2. The summed E-state index contributed by atoms with van der Waals surface area (Å²) in [5.41, 5.74) is 2.46. The summed E-state index contributed by atoms with van der Waals surface area (Å²) in [5, 5.41) is 11.7. The smallest absolute Gasteiger partial charge is 0.234 e. The number of hydrogen-bond acceptors (Lipinski definition) is 5. The van der Waals surface area contributed by atoms with Crippen LogP contribution < -0.4 is 10.2 Å². The highest BCUT2D eigenvalue weighted by Crippen LogP contribution is 2.32. The molecule has 0 radical (unpaired) electrons. The van der Waals surface area contributed by atoms with Gasteiger partial charge in [-0.3, -0.25) is 9.36 Å². The highest BCUT2D eigenvalue weighted by atomic mass is 32.2. The number of carbonyl (C=O) groups is 1. The lowest BCUT2D eigenvalue weighted by Gasteiger charge is -2.15. The van der Waals surface area contributed by atoms with Crippen LogP contribution in [0.4, 0.5) is 21.7 Å². The van der Waals surface area contributed by atoms with Crippen molar-refractivity contribution in [2.75, 3.05) is 22.5 Å². The number of nitrogens with zero attached hydrogens (tertiary/aromatic N) is 4. The molecule has 0 atom stereocenters. The third-order valence-electron chi connectivity index (χ3n) is 4.31. The number of benzene rings is 2. The number of aromatic nitrogens is 3. The molecule has 2 heterocycles. The second-order valence-corrected chi connectivity index (χ2v) is 7.18. The Hall–Kier alpha value is -2.87. The fraction of sp³-hybridized carbons (Fsp3) is 0.211. The van der Waals surface area contributed by atoms with Gasteiger partial charge >= 0.3 is 0 Å². The van der Waals surface area contributed by atoms with Gasteiger partial charge in [0, 0.05) is 18.8 Å². The predicted octanol–water partition coefficient (Wildman–Crippen LogP) is 3.61. The van der Waals surface area contributed by atoms with E-state index in [-0.39, 0.29) is 17.3 Å². The van der Waals surface area contributed by atoms with Gasteiger partial charge in [-0.15, -0.1) is 10.2 Å². The Bertz CT molecular complexity index is 972. The van der Waals surface area contributed by atoms with Crippen molar-refractivity contribution in [2.24, 2.45) is 0 Å². The summed E-state index contributed by atoms with van der Waals surface area (Å²) >= 11 is 1.29. The van der Waals surface area contributed by atoms with E-state index in [4.69, 9.17) is 0 Å². The van der Waals surface area contributed by atoms with Gasteiger partial charge in [-0.05, 0) is 31.2 Å². The first-order chi connectivity index (χ1) is 13.1. The second-order valence-electron chi connectivity index (χ2n) is 6.24. The average molecular weight is 383 g/mol. The Labute approximate surface area is 160 Å². The van der Waals surface area contributed by atoms with E-state index in [1.807, 2.05) is 4.57 Å². The number of rotatable bonds is 5. The van der Waals surface area contributed by atoms with Crippen LogP contribution >= 0.6 is 11.8 Å². The Balaban J connectivity index is 1.42. The highest BCUT2D eigenvalue weighted by molar-refractivity contribution is 7.99. The van der Waals surface area contributed by atoms with Gasteiger partial charge in [-0.1, -0.05) is 41.6 Å². The first-order valence-corrected chi connectivity index (χ1v) is 9.55. The summed E-state index contributed by atoms with van der Waals surface area (Å²) in [6, 6.07) is 14.4. The summed E-state index contributed by atoms with van der Waals surface area (Å²) in [4.78, 5) is 14.2. The number of aryl methyl sites for hydroxylation is 1. The fourth-order valence-corrected chi connectivity index (χ4v) is 3.69. The Morgan fingerprint density at radius 3 is 2.70 bits per heavy atom. The van der Waals surface area contributed by atoms with Crippen LogP contribution in [0.15, 0.2) is 53.7 Å². The number of amides is 1. The first kappa shape index (κ1) is 17.5. The van der Waals surface area contributed by atoms with Gasteiger partial charge in [-0.25, -0.2) is 4.39 Å². The molecule has 0 saturated carbocycles. The van der Waals surface area contributed by atoms with Crippen molar-refractivity contribution in [3.8, 4) is 0 Å². The van der Waals surface area contributed by atoms with E-state index >= 15 is 0 Å². The number of thioether (sulfide) groups is 1. The largest absolute Gasteiger partial charge is 0.323 e. The van der Waals surface area contributed by atoms with Crippen LogP contribution in [-0.2, 0) is 11.3 Å². The number of hydrogen-bond donors (Lipinski definition) is 1. The molecule has 4 rings (SSSR count). The van der Waals surface area contributed by atoms with Crippen LogP contribution in [0.3, 0.4) is 0 Å². The first-order valence-electron chi connectivity index (χ1n) is 8.56. The van der Waals surface area contributed by atoms with E-state index in [1.165, 1.54) is 29.5 Å². The van der Waals surface area contributed by atoms with E-state index in [1.54, 1.807) is 12.1 Å². The standard InChI is InChI=1S/C19H18FN5OS/c1-13-6-8-14(9-7-13)24-10-11-25-18(24)22-23-19(25)27-12-17(26)21-16-5-3-2-4-15(16)20/h2-9H,10-12H2,1H3,(H,21,26). The molecule has 1 N–H and O–H groups in total. The van der Waals surface area contributed by atoms with Crippen LogP contribution in [0, 0.1) is 12.7 Å². The molecule has 1 amide bonds. The zero-order valence-electron chi connectivity index (χ0n) is 14.7. The molecule has 1 aliphatic rings. The molecule has 0 saturated heterocycles. The van der Waals surface area contributed by atoms with E-state index in [2.05, 4.69) is 51.6 Å². The summed E-state index contributed by atoms with van der Waals surface area (Å²) in [6.45, 7) is 3.62. The van der Waals surface area contributed by atoms with E-state index in [0.29, 0.717) is 5.16 Å². The normalized spacial score (nSPS) is 12.9. The van der Waals surface area contributed by atoms with Crippen molar-refractivity contribution < 1.29 is 9.18 Å². The quantitative estimate of drug-likeness (QED) is 0.682. The minimum Gasteiger partial charge on any atom is -0.323 e. The molecule has 1 aliphatic heterocycles. The van der Waals surface area contributed by atoms with Gasteiger partial charge in [0.2, 0.25) is 11.9 Å². The van der Waals surface area contributed by atoms with Crippen LogP contribution in [0.1, 0.15) is 5.56 Å². The van der Waals surface area contributed by atoms with Crippen molar-refractivity contribution in [3.05, 3.63) is 59.9 Å². The Morgan fingerprint density at radius 1 is 1.15 bits per heavy atom. The molecule has 1 aromatic heterocycles. The number of nitrogens with one attached hydrogen (secondary N) is 1. The van der Waals surface area contributed by atoms with Crippen LogP contribution in [0.25, 0.3) is 0 Å². The van der Waals surface area contributed by atoms with E-state index in [9.17, 15) is 9.18 Å². The molecule has 2 aromatic carbocycles. The molecule has 0 bridgehead atoms. The van der Waals surface area contributed by atoms with Crippen molar-refractivity contribution in [2.45, 2.75) is 18.6 Å². The number of halogens is 1. The molecule has 27 heavy (non-hydrogen) atoms. The number of anilines is 3. The summed E-state index contributed by atoms with van der Waals surface area (Å²) in [5.74, 6) is 0.177. The maximum absolute atomic E-state index is 13.6. The van der Waals surface area contributed by atoms with Crippen LogP contribution in [-0.4, -0.2) is 33.0 Å².